The molecule has 1 heterocycles. The molecule has 0 aliphatic heterocycles. The van der Waals surface area contributed by atoms with Gasteiger partial charge in [0.2, 0.25) is 0 Å². The molecule has 2 atom stereocenters. The number of aliphatic hydroxyl groups is 1. The lowest BCUT2D eigenvalue weighted by Gasteiger charge is -2.16. The van der Waals surface area contributed by atoms with Gasteiger partial charge >= 0.3 is 0 Å². The standard InChI is InChI=1S/C18H19NOS/c1-13(18-11-15-9-5-6-10-17(15)21-18)19-12-16(20)14-7-3-2-4-8-14/h2-11,13,16,19-20H,12H2,1H3. The van der Waals surface area contributed by atoms with Gasteiger partial charge in [0.1, 0.15) is 0 Å². The monoisotopic (exact) mass is 297 g/mol. The fourth-order valence-corrected chi connectivity index (χ4v) is 3.49. The van der Waals surface area contributed by atoms with E-state index in [1.54, 1.807) is 0 Å². The van der Waals surface area contributed by atoms with Crippen LogP contribution >= 0.6 is 11.3 Å². The minimum absolute atomic E-state index is 0.237. The summed E-state index contributed by atoms with van der Waals surface area (Å²) in [4.78, 5) is 1.30. The summed E-state index contributed by atoms with van der Waals surface area (Å²) in [7, 11) is 0. The average molecular weight is 297 g/mol. The van der Waals surface area contributed by atoms with Crippen LogP contribution in [0.2, 0.25) is 0 Å². The molecule has 0 amide bonds. The highest BCUT2D eigenvalue weighted by Gasteiger charge is 2.12. The van der Waals surface area contributed by atoms with Crippen molar-refractivity contribution in [2.75, 3.05) is 6.54 Å². The molecule has 0 fully saturated rings. The third kappa shape index (κ3) is 3.32. The predicted octanol–water partition coefficient (Wildman–Crippen LogP) is 4.29. The Hall–Kier alpha value is -1.68. The van der Waals surface area contributed by atoms with Crippen LogP contribution in [0.15, 0.2) is 60.7 Å². The van der Waals surface area contributed by atoms with Crippen molar-refractivity contribution in [3.8, 4) is 0 Å². The van der Waals surface area contributed by atoms with Crippen LogP contribution in [0, 0.1) is 0 Å². The molecule has 3 aromatic rings. The van der Waals surface area contributed by atoms with Crippen molar-refractivity contribution in [3.63, 3.8) is 0 Å². The Kier molecular flexibility index (Phi) is 4.34. The Labute approximate surface area is 129 Å². The van der Waals surface area contributed by atoms with Crippen molar-refractivity contribution >= 4 is 21.4 Å². The van der Waals surface area contributed by atoms with Gasteiger partial charge in [-0.15, -0.1) is 11.3 Å². The molecule has 0 radical (unpaired) electrons. The Balaban J connectivity index is 1.65. The molecule has 0 aliphatic carbocycles. The van der Waals surface area contributed by atoms with Gasteiger partial charge in [0, 0.05) is 22.2 Å². The second-order valence-corrected chi connectivity index (χ2v) is 6.36. The number of rotatable bonds is 5. The highest BCUT2D eigenvalue weighted by Crippen LogP contribution is 2.29. The molecule has 3 heteroatoms. The summed E-state index contributed by atoms with van der Waals surface area (Å²) in [6, 6.07) is 20.7. The summed E-state index contributed by atoms with van der Waals surface area (Å²) in [5, 5.41) is 14.9. The molecule has 2 aromatic carbocycles. The van der Waals surface area contributed by atoms with Crippen molar-refractivity contribution in [2.45, 2.75) is 19.1 Å². The van der Waals surface area contributed by atoms with Crippen molar-refractivity contribution in [2.24, 2.45) is 0 Å². The van der Waals surface area contributed by atoms with Gasteiger partial charge < -0.3 is 10.4 Å². The highest BCUT2D eigenvalue weighted by molar-refractivity contribution is 7.19. The van der Waals surface area contributed by atoms with Crippen molar-refractivity contribution in [3.05, 3.63) is 71.1 Å². The smallest absolute Gasteiger partial charge is 0.0914 e. The average Bonchev–Trinajstić information content (AvgIpc) is 2.97. The molecule has 0 saturated heterocycles. The zero-order valence-electron chi connectivity index (χ0n) is 12.0. The molecular formula is C18H19NOS. The lowest BCUT2D eigenvalue weighted by Crippen LogP contribution is -2.24. The zero-order valence-corrected chi connectivity index (χ0v) is 12.8. The SMILES string of the molecule is CC(NCC(O)c1ccccc1)c1cc2ccccc2s1. The maximum absolute atomic E-state index is 10.2. The summed E-state index contributed by atoms with van der Waals surface area (Å²) < 4.78 is 1.31. The molecule has 1 aromatic heterocycles. The molecule has 108 valence electrons. The van der Waals surface area contributed by atoms with E-state index < -0.39 is 6.10 Å². The van der Waals surface area contributed by atoms with Gasteiger partial charge in [-0.2, -0.15) is 0 Å². The van der Waals surface area contributed by atoms with Crippen LogP contribution in [-0.2, 0) is 0 Å². The van der Waals surface area contributed by atoms with E-state index in [1.807, 2.05) is 41.7 Å². The molecule has 0 spiro atoms. The number of nitrogens with one attached hydrogen (secondary N) is 1. The topological polar surface area (TPSA) is 32.3 Å². The van der Waals surface area contributed by atoms with E-state index >= 15 is 0 Å². The van der Waals surface area contributed by atoms with Gasteiger partial charge in [0.25, 0.3) is 0 Å². The van der Waals surface area contributed by atoms with E-state index in [1.165, 1.54) is 15.0 Å². The van der Waals surface area contributed by atoms with E-state index in [0.717, 1.165) is 5.56 Å². The third-order valence-corrected chi connectivity index (χ3v) is 4.97. The fourth-order valence-electron chi connectivity index (χ4n) is 2.40. The molecule has 3 rings (SSSR count). The van der Waals surface area contributed by atoms with E-state index in [-0.39, 0.29) is 6.04 Å². The number of hydrogen-bond acceptors (Lipinski definition) is 3. The van der Waals surface area contributed by atoms with Gasteiger partial charge in [0.05, 0.1) is 6.10 Å². The van der Waals surface area contributed by atoms with Crippen LogP contribution in [0.1, 0.15) is 29.5 Å². The number of fused-ring (bicyclic) bond motifs is 1. The molecule has 0 aliphatic rings. The van der Waals surface area contributed by atoms with Gasteiger partial charge in [-0.1, -0.05) is 48.5 Å². The van der Waals surface area contributed by atoms with Crippen LogP contribution in [0.4, 0.5) is 0 Å². The van der Waals surface area contributed by atoms with Crippen molar-refractivity contribution in [1.29, 1.82) is 0 Å². The summed E-state index contributed by atoms with van der Waals surface area (Å²) >= 11 is 1.81. The Bertz CT molecular complexity index is 674. The van der Waals surface area contributed by atoms with E-state index in [4.69, 9.17) is 0 Å². The van der Waals surface area contributed by atoms with E-state index in [9.17, 15) is 5.11 Å². The first-order valence-corrected chi connectivity index (χ1v) is 8.00. The van der Waals surface area contributed by atoms with Crippen LogP contribution < -0.4 is 5.32 Å². The van der Waals surface area contributed by atoms with Crippen LogP contribution in [0.3, 0.4) is 0 Å². The van der Waals surface area contributed by atoms with Gasteiger partial charge in [0.15, 0.2) is 0 Å². The summed E-state index contributed by atoms with van der Waals surface area (Å²) in [6.45, 7) is 2.70. The Morgan fingerprint density at radius 1 is 1.05 bits per heavy atom. The van der Waals surface area contributed by atoms with Crippen LogP contribution in [0.5, 0.6) is 0 Å². The first kappa shape index (κ1) is 14.3. The highest BCUT2D eigenvalue weighted by atomic mass is 32.1. The largest absolute Gasteiger partial charge is 0.387 e. The first-order valence-electron chi connectivity index (χ1n) is 7.19. The lowest BCUT2D eigenvalue weighted by atomic mass is 10.1. The quantitative estimate of drug-likeness (QED) is 0.736. The zero-order chi connectivity index (χ0) is 14.7. The van der Waals surface area contributed by atoms with Crippen molar-refractivity contribution in [1.82, 2.24) is 5.32 Å². The Morgan fingerprint density at radius 2 is 1.76 bits per heavy atom. The summed E-state index contributed by atoms with van der Waals surface area (Å²) in [6.07, 6.45) is -0.469. The minimum Gasteiger partial charge on any atom is -0.387 e. The Morgan fingerprint density at radius 3 is 2.52 bits per heavy atom. The van der Waals surface area contributed by atoms with Gasteiger partial charge in [-0.3, -0.25) is 0 Å². The minimum atomic E-state index is -0.469. The summed E-state index contributed by atoms with van der Waals surface area (Å²) in [5.74, 6) is 0. The van der Waals surface area contributed by atoms with Crippen LogP contribution in [-0.4, -0.2) is 11.7 Å². The number of hydrogen-bond donors (Lipinski definition) is 2. The van der Waals surface area contributed by atoms with Gasteiger partial charge in [-0.25, -0.2) is 0 Å². The second kappa shape index (κ2) is 6.39. The fraction of sp³-hybridized carbons (Fsp3) is 0.222. The summed E-state index contributed by atoms with van der Waals surface area (Å²) in [5.41, 5.74) is 0.952. The molecular weight excluding hydrogens is 278 g/mol. The predicted molar refractivity (Wildman–Crippen MR) is 89.6 cm³/mol. The molecule has 2 unspecified atom stereocenters. The molecule has 0 bridgehead atoms. The normalized spacial score (nSPS) is 14.2. The number of thiophene rings is 1. The van der Waals surface area contributed by atoms with Crippen molar-refractivity contribution < 1.29 is 5.11 Å². The van der Waals surface area contributed by atoms with E-state index in [0.29, 0.717) is 6.54 Å². The maximum Gasteiger partial charge on any atom is 0.0914 e. The molecule has 2 N–H and O–H groups in total. The third-order valence-electron chi connectivity index (χ3n) is 3.67. The van der Waals surface area contributed by atoms with E-state index in [2.05, 4.69) is 42.6 Å². The molecule has 2 nitrogen and oxygen atoms in total. The molecule has 0 saturated carbocycles. The van der Waals surface area contributed by atoms with Gasteiger partial charge in [-0.05, 0) is 30.0 Å². The lowest BCUT2D eigenvalue weighted by molar-refractivity contribution is 0.171. The number of aliphatic hydroxyl groups excluding tert-OH is 1. The van der Waals surface area contributed by atoms with Crippen LogP contribution in [0.25, 0.3) is 10.1 Å². The number of benzene rings is 2. The maximum atomic E-state index is 10.2. The molecule has 21 heavy (non-hydrogen) atoms. The second-order valence-electron chi connectivity index (χ2n) is 5.24. The first-order chi connectivity index (χ1) is 10.2.